The fourth-order valence-electron chi connectivity index (χ4n) is 2.37. The summed E-state index contributed by atoms with van der Waals surface area (Å²) >= 11 is 0. The molecule has 3 rings (SSSR count). The van der Waals surface area contributed by atoms with Crippen LogP contribution in [0.1, 0.15) is 17.3 Å². The van der Waals surface area contributed by atoms with Crippen molar-refractivity contribution in [3.8, 4) is 11.5 Å². The van der Waals surface area contributed by atoms with E-state index >= 15 is 0 Å². The van der Waals surface area contributed by atoms with Crippen molar-refractivity contribution in [2.45, 2.75) is 6.92 Å². The van der Waals surface area contributed by atoms with Gasteiger partial charge in [0.05, 0.1) is 6.61 Å². The van der Waals surface area contributed by atoms with Crippen LogP contribution in [-0.4, -0.2) is 25.8 Å². The Morgan fingerprint density at radius 2 is 1.65 bits per heavy atom. The van der Waals surface area contributed by atoms with Crippen LogP contribution >= 0.6 is 0 Å². The number of para-hydroxylation sites is 1. The van der Waals surface area contributed by atoms with E-state index in [-0.39, 0.29) is 18.8 Å². The molecule has 0 unspecified atom stereocenters. The van der Waals surface area contributed by atoms with E-state index in [9.17, 15) is 9.59 Å². The maximum Gasteiger partial charge on any atom is 0.351 e. The van der Waals surface area contributed by atoms with Crippen LogP contribution in [0.3, 0.4) is 0 Å². The lowest BCUT2D eigenvalue weighted by Crippen LogP contribution is -2.19. The third-order valence-electron chi connectivity index (χ3n) is 3.58. The van der Waals surface area contributed by atoms with E-state index in [0.29, 0.717) is 23.3 Å². The number of carbonyl (C=O) groups is 1. The SMILES string of the molecule is CCOc1ccc(OCCOC(=O)c2cc3ccccc3oc2=O)cc1. The summed E-state index contributed by atoms with van der Waals surface area (Å²) in [5.41, 5.74) is -0.432. The zero-order chi connectivity index (χ0) is 18.4. The molecule has 0 aliphatic carbocycles. The lowest BCUT2D eigenvalue weighted by molar-refractivity contribution is 0.0446. The van der Waals surface area contributed by atoms with Gasteiger partial charge in [-0.25, -0.2) is 9.59 Å². The van der Waals surface area contributed by atoms with E-state index < -0.39 is 11.6 Å². The average molecular weight is 354 g/mol. The van der Waals surface area contributed by atoms with Gasteiger partial charge in [0.1, 0.15) is 35.9 Å². The number of carbonyl (C=O) groups excluding carboxylic acids is 1. The molecule has 0 amide bonds. The highest BCUT2D eigenvalue weighted by atomic mass is 16.6. The molecule has 0 atom stereocenters. The van der Waals surface area contributed by atoms with Crippen LogP contribution in [0.5, 0.6) is 11.5 Å². The van der Waals surface area contributed by atoms with Crippen molar-refractivity contribution in [1.82, 2.24) is 0 Å². The molecule has 0 saturated carbocycles. The second-order valence-corrected chi connectivity index (χ2v) is 5.37. The highest BCUT2D eigenvalue weighted by molar-refractivity contribution is 5.92. The highest BCUT2D eigenvalue weighted by Crippen LogP contribution is 2.17. The molecule has 0 saturated heterocycles. The normalized spacial score (nSPS) is 10.5. The average Bonchev–Trinajstić information content (AvgIpc) is 2.66. The molecule has 0 aliphatic rings. The molecule has 0 bridgehead atoms. The first-order valence-electron chi connectivity index (χ1n) is 8.23. The molecule has 6 nitrogen and oxygen atoms in total. The van der Waals surface area contributed by atoms with Crippen molar-refractivity contribution in [2.24, 2.45) is 0 Å². The standard InChI is InChI=1S/C20H18O6/c1-2-23-15-7-9-16(10-8-15)24-11-12-25-19(21)17-13-14-5-3-4-6-18(14)26-20(17)22/h3-10,13H,2,11-12H2,1H3. The number of hydrogen-bond acceptors (Lipinski definition) is 6. The van der Waals surface area contributed by atoms with Gasteiger partial charge in [0.15, 0.2) is 0 Å². The van der Waals surface area contributed by atoms with Crippen molar-refractivity contribution in [3.63, 3.8) is 0 Å². The molecule has 6 heteroatoms. The van der Waals surface area contributed by atoms with Gasteiger partial charge in [-0.05, 0) is 43.3 Å². The minimum atomic E-state index is -0.736. The van der Waals surface area contributed by atoms with Crippen molar-refractivity contribution < 1.29 is 23.4 Å². The maximum atomic E-state index is 12.1. The monoisotopic (exact) mass is 354 g/mol. The number of benzene rings is 2. The van der Waals surface area contributed by atoms with E-state index in [0.717, 1.165) is 5.75 Å². The molecule has 26 heavy (non-hydrogen) atoms. The zero-order valence-electron chi connectivity index (χ0n) is 14.3. The summed E-state index contributed by atoms with van der Waals surface area (Å²) in [5.74, 6) is 0.656. The van der Waals surface area contributed by atoms with Gasteiger partial charge < -0.3 is 18.6 Å². The Balaban J connectivity index is 1.54. The minimum Gasteiger partial charge on any atom is -0.494 e. The molecular weight excluding hydrogens is 336 g/mol. The van der Waals surface area contributed by atoms with E-state index in [1.165, 1.54) is 6.07 Å². The van der Waals surface area contributed by atoms with Crippen LogP contribution in [0.25, 0.3) is 11.0 Å². The largest absolute Gasteiger partial charge is 0.494 e. The third kappa shape index (κ3) is 4.22. The summed E-state index contributed by atoms with van der Waals surface area (Å²) in [6.07, 6.45) is 0. The summed E-state index contributed by atoms with van der Waals surface area (Å²) in [6.45, 7) is 2.69. The minimum absolute atomic E-state index is 0.0122. The van der Waals surface area contributed by atoms with Crippen molar-refractivity contribution in [3.05, 3.63) is 70.6 Å². The van der Waals surface area contributed by atoms with Gasteiger partial charge in [0.2, 0.25) is 0 Å². The summed E-state index contributed by atoms with van der Waals surface area (Å²) in [7, 11) is 0. The van der Waals surface area contributed by atoms with Gasteiger partial charge in [0.25, 0.3) is 0 Å². The van der Waals surface area contributed by atoms with Gasteiger partial charge in [-0.2, -0.15) is 0 Å². The summed E-state index contributed by atoms with van der Waals surface area (Å²) in [5, 5.41) is 0.657. The Morgan fingerprint density at radius 3 is 2.38 bits per heavy atom. The smallest absolute Gasteiger partial charge is 0.351 e. The summed E-state index contributed by atoms with van der Waals surface area (Å²) in [6, 6.07) is 15.6. The van der Waals surface area contributed by atoms with Crippen LogP contribution in [0.15, 0.2) is 63.8 Å². The molecule has 0 N–H and O–H groups in total. The number of ether oxygens (including phenoxy) is 3. The topological polar surface area (TPSA) is 75.0 Å². The van der Waals surface area contributed by atoms with Gasteiger partial charge >= 0.3 is 11.6 Å². The van der Waals surface area contributed by atoms with Crippen LogP contribution in [-0.2, 0) is 4.74 Å². The lowest BCUT2D eigenvalue weighted by Gasteiger charge is -2.08. The van der Waals surface area contributed by atoms with E-state index in [1.54, 1.807) is 48.5 Å². The van der Waals surface area contributed by atoms with Crippen LogP contribution in [0.2, 0.25) is 0 Å². The van der Waals surface area contributed by atoms with Crippen LogP contribution < -0.4 is 15.1 Å². The Labute approximate surface area is 149 Å². The predicted molar refractivity (Wildman–Crippen MR) is 95.9 cm³/mol. The van der Waals surface area contributed by atoms with Gasteiger partial charge in [-0.3, -0.25) is 0 Å². The second-order valence-electron chi connectivity index (χ2n) is 5.37. The van der Waals surface area contributed by atoms with Gasteiger partial charge in [-0.15, -0.1) is 0 Å². The highest BCUT2D eigenvalue weighted by Gasteiger charge is 2.15. The molecule has 0 spiro atoms. The first-order chi connectivity index (χ1) is 12.7. The first-order valence-corrected chi connectivity index (χ1v) is 8.23. The molecule has 0 radical (unpaired) electrons. The first kappa shape index (κ1) is 17.5. The van der Waals surface area contributed by atoms with E-state index in [4.69, 9.17) is 18.6 Å². The summed E-state index contributed by atoms with van der Waals surface area (Å²) in [4.78, 5) is 24.0. The molecule has 134 valence electrons. The van der Waals surface area contributed by atoms with E-state index in [1.807, 2.05) is 6.92 Å². The van der Waals surface area contributed by atoms with Crippen molar-refractivity contribution in [2.75, 3.05) is 19.8 Å². The van der Waals surface area contributed by atoms with Gasteiger partial charge in [0, 0.05) is 5.39 Å². The second kappa shape index (κ2) is 8.20. The Morgan fingerprint density at radius 1 is 0.962 bits per heavy atom. The Hall–Kier alpha value is -3.28. The fraction of sp³-hybridized carbons (Fsp3) is 0.200. The maximum absolute atomic E-state index is 12.1. The van der Waals surface area contributed by atoms with E-state index in [2.05, 4.69) is 0 Å². The van der Waals surface area contributed by atoms with Crippen LogP contribution in [0.4, 0.5) is 0 Å². The van der Waals surface area contributed by atoms with Crippen molar-refractivity contribution >= 4 is 16.9 Å². The predicted octanol–water partition coefficient (Wildman–Crippen LogP) is 3.43. The molecule has 0 aliphatic heterocycles. The number of hydrogen-bond donors (Lipinski definition) is 0. The Kier molecular flexibility index (Phi) is 5.53. The Bertz CT molecular complexity index is 942. The third-order valence-corrected chi connectivity index (χ3v) is 3.58. The zero-order valence-corrected chi connectivity index (χ0v) is 14.3. The molecule has 0 fully saturated rings. The van der Waals surface area contributed by atoms with Crippen molar-refractivity contribution in [1.29, 1.82) is 0 Å². The van der Waals surface area contributed by atoms with Gasteiger partial charge in [-0.1, -0.05) is 18.2 Å². The fourth-order valence-corrected chi connectivity index (χ4v) is 2.37. The number of esters is 1. The molecule has 1 aromatic heterocycles. The number of rotatable bonds is 7. The lowest BCUT2D eigenvalue weighted by atomic mass is 10.2. The molecule has 1 heterocycles. The molecular formula is C20H18O6. The molecule has 2 aromatic carbocycles. The number of fused-ring (bicyclic) bond motifs is 1. The van der Waals surface area contributed by atoms with Crippen LogP contribution in [0, 0.1) is 0 Å². The molecule has 3 aromatic rings. The quantitative estimate of drug-likeness (QED) is 0.368. The summed E-state index contributed by atoms with van der Waals surface area (Å²) < 4.78 is 21.1.